The van der Waals surface area contributed by atoms with Gasteiger partial charge in [-0.1, -0.05) is 48.5 Å². The highest BCUT2D eigenvalue weighted by atomic mass is 16.5. The first-order chi connectivity index (χ1) is 17.2. The van der Waals surface area contributed by atoms with Crippen LogP contribution in [-0.4, -0.2) is 30.0 Å². The van der Waals surface area contributed by atoms with Crippen LogP contribution >= 0.6 is 0 Å². The fourth-order valence-electron chi connectivity index (χ4n) is 4.48. The zero-order valence-corrected chi connectivity index (χ0v) is 19.3. The van der Waals surface area contributed by atoms with E-state index in [1.54, 1.807) is 6.26 Å². The van der Waals surface area contributed by atoms with Crippen molar-refractivity contribution in [3.8, 4) is 0 Å². The molecule has 176 valence electrons. The SMILES string of the molecule is O=C(COC(=O)c1c2c(nc3ccccc13)C(=Cc1ccco1)CC2)NCCCc1ccccc1. The highest BCUT2D eigenvalue weighted by Crippen LogP contribution is 2.37. The van der Waals surface area contributed by atoms with Gasteiger partial charge in [0.05, 0.1) is 23.0 Å². The molecular weight excluding hydrogens is 440 g/mol. The van der Waals surface area contributed by atoms with Crippen LogP contribution in [0.5, 0.6) is 0 Å². The van der Waals surface area contributed by atoms with Crippen molar-refractivity contribution in [1.29, 1.82) is 0 Å². The highest BCUT2D eigenvalue weighted by molar-refractivity contribution is 6.07. The van der Waals surface area contributed by atoms with Crippen LogP contribution in [0.4, 0.5) is 0 Å². The summed E-state index contributed by atoms with van der Waals surface area (Å²) in [6, 6.07) is 21.4. The first-order valence-electron chi connectivity index (χ1n) is 11.8. The summed E-state index contributed by atoms with van der Waals surface area (Å²) in [5, 5.41) is 3.57. The van der Waals surface area contributed by atoms with E-state index in [1.807, 2.05) is 60.7 Å². The topological polar surface area (TPSA) is 81.4 Å². The number of amides is 1. The molecule has 0 fully saturated rings. The minimum Gasteiger partial charge on any atom is -0.465 e. The van der Waals surface area contributed by atoms with E-state index in [1.165, 1.54) is 5.56 Å². The third-order valence-corrected chi connectivity index (χ3v) is 6.15. The van der Waals surface area contributed by atoms with Crippen molar-refractivity contribution in [2.45, 2.75) is 25.7 Å². The van der Waals surface area contributed by atoms with Gasteiger partial charge >= 0.3 is 5.97 Å². The van der Waals surface area contributed by atoms with Gasteiger partial charge in [-0.2, -0.15) is 0 Å². The van der Waals surface area contributed by atoms with Crippen LogP contribution in [0.25, 0.3) is 22.6 Å². The molecule has 1 N–H and O–H groups in total. The van der Waals surface area contributed by atoms with E-state index >= 15 is 0 Å². The first-order valence-corrected chi connectivity index (χ1v) is 11.8. The van der Waals surface area contributed by atoms with Crippen LogP contribution in [-0.2, 0) is 22.4 Å². The Bertz CT molecular complexity index is 1370. The molecular formula is C29H26N2O4. The van der Waals surface area contributed by atoms with Crippen molar-refractivity contribution in [2.24, 2.45) is 0 Å². The van der Waals surface area contributed by atoms with Crippen LogP contribution in [0.2, 0.25) is 0 Å². The number of pyridine rings is 1. The number of furan rings is 1. The number of aryl methyl sites for hydroxylation is 1. The smallest absolute Gasteiger partial charge is 0.339 e. The summed E-state index contributed by atoms with van der Waals surface area (Å²) in [6.45, 7) is 0.213. The molecule has 0 saturated carbocycles. The lowest BCUT2D eigenvalue weighted by molar-refractivity contribution is -0.124. The molecule has 4 aromatic rings. The van der Waals surface area contributed by atoms with E-state index in [0.29, 0.717) is 18.5 Å². The van der Waals surface area contributed by atoms with Gasteiger partial charge in [-0.3, -0.25) is 4.79 Å². The van der Waals surface area contributed by atoms with Gasteiger partial charge in [0, 0.05) is 11.9 Å². The average Bonchev–Trinajstić information content (AvgIpc) is 3.55. The molecule has 0 aliphatic heterocycles. The van der Waals surface area contributed by atoms with Crippen LogP contribution in [0.3, 0.4) is 0 Å². The summed E-state index contributed by atoms with van der Waals surface area (Å²) < 4.78 is 10.9. The number of hydrogen-bond donors (Lipinski definition) is 1. The van der Waals surface area contributed by atoms with Crippen molar-refractivity contribution >= 4 is 34.4 Å². The Morgan fingerprint density at radius 2 is 1.83 bits per heavy atom. The number of carbonyl (C=O) groups is 2. The van der Waals surface area contributed by atoms with Gasteiger partial charge in [0.15, 0.2) is 6.61 Å². The van der Waals surface area contributed by atoms with Crippen molar-refractivity contribution in [3.05, 3.63) is 101 Å². The first kappa shape index (κ1) is 22.6. The number of aromatic nitrogens is 1. The van der Waals surface area contributed by atoms with Gasteiger partial charge in [0.25, 0.3) is 5.91 Å². The predicted molar refractivity (Wildman–Crippen MR) is 135 cm³/mol. The average molecular weight is 467 g/mol. The Morgan fingerprint density at radius 1 is 1.00 bits per heavy atom. The number of hydrogen-bond acceptors (Lipinski definition) is 5. The number of para-hydroxylation sites is 1. The number of benzene rings is 2. The standard InChI is InChI=1S/C29H26N2O4/c32-26(30-16-6-10-20-8-2-1-3-9-20)19-35-29(33)27-23-12-4-5-13-25(23)31-28-21(14-15-24(27)28)18-22-11-7-17-34-22/h1-5,7-9,11-13,17-18H,6,10,14-16,19H2,(H,30,32). The van der Waals surface area contributed by atoms with Crippen LogP contribution < -0.4 is 5.32 Å². The number of rotatable bonds is 8. The Labute approximate surface area is 203 Å². The Hall–Kier alpha value is -4.19. The van der Waals surface area contributed by atoms with Gasteiger partial charge in [-0.15, -0.1) is 0 Å². The summed E-state index contributed by atoms with van der Waals surface area (Å²) in [4.78, 5) is 30.3. The molecule has 0 saturated heterocycles. The van der Waals surface area contributed by atoms with Gasteiger partial charge in [-0.25, -0.2) is 9.78 Å². The molecule has 35 heavy (non-hydrogen) atoms. The number of allylic oxidation sites excluding steroid dienone is 1. The lowest BCUT2D eigenvalue weighted by Gasteiger charge is -2.12. The summed E-state index contributed by atoms with van der Waals surface area (Å²) in [5.74, 6) is -0.0609. The van der Waals surface area contributed by atoms with Gasteiger partial charge in [0.2, 0.25) is 0 Å². The molecule has 2 aromatic carbocycles. The summed E-state index contributed by atoms with van der Waals surface area (Å²) in [6.07, 6.45) is 6.72. The van der Waals surface area contributed by atoms with Crippen molar-refractivity contribution in [2.75, 3.05) is 13.2 Å². The molecule has 1 aliphatic carbocycles. The lowest BCUT2D eigenvalue weighted by Crippen LogP contribution is -2.30. The largest absolute Gasteiger partial charge is 0.465 e. The minimum absolute atomic E-state index is 0.306. The molecule has 1 aliphatic rings. The Morgan fingerprint density at radius 3 is 2.66 bits per heavy atom. The van der Waals surface area contributed by atoms with Crippen molar-refractivity contribution in [1.82, 2.24) is 10.3 Å². The maximum absolute atomic E-state index is 13.2. The number of esters is 1. The molecule has 2 aromatic heterocycles. The van der Waals surface area contributed by atoms with Crippen LogP contribution in [0.15, 0.2) is 77.4 Å². The molecule has 0 unspecified atom stereocenters. The lowest BCUT2D eigenvalue weighted by atomic mass is 10.0. The number of nitrogens with one attached hydrogen (secondary N) is 1. The van der Waals surface area contributed by atoms with E-state index in [4.69, 9.17) is 14.1 Å². The third kappa shape index (κ3) is 5.17. The number of nitrogens with zero attached hydrogens (tertiary/aromatic N) is 1. The molecule has 1 amide bonds. The summed E-state index contributed by atoms with van der Waals surface area (Å²) >= 11 is 0. The minimum atomic E-state index is -0.501. The van der Waals surface area contributed by atoms with Crippen LogP contribution in [0, 0.1) is 0 Å². The second-order valence-corrected chi connectivity index (χ2v) is 8.53. The highest BCUT2D eigenvalue weighted by Gasteiger charge is 2.28. The fraction of sp³-hybridized carbons (Fsp3) is 0.207. The molecule has 6 nitrogen and oxygen atoms in total. The molecule has 6 heteroatoms. The van der Waals surface area contributed by atoms with E-state index < -0.39 is 5.97 Å². The maximum atomic E-state index is 13.2. The van der Waals surface area contributed by atoms with Crippen molar-refractivity contribution in [3.63, 3.8) is 0 Å². The van der Waals surface area contributed by atoms with E-state index in [9.17, 15) is 9.59 Å². The van der Waals surface area contributed by atoms with E-state index in [0.717, 1.165) is 52.8 Å². The number of fused-ring (bicyclic) bond motifs is 2. The second-order valence-electron chi connectivity index (χ2n) is 8.53. The molecule has 0 radical (unpaired) electrons. The fourth-order valence-corrected chi connectivity index (χ4v) is 4.48. The molecule has 0 spiro atoms. The Kier molecular flexibility index (Phi) is 6.70. The van der Waals surface area contributed by atoms with E-state index in [2.05, 4.69) is 17.4 Å². The van der Waals surface area contributed by atoms with Crippen molar-refractivity contribution < 1.29 is 18.7 Å². The molecule has 2 heterocycles. The quantitative estimate of drug-likeness (QED) is 0.284. The zero-order chi connectivity index (χ0) is 24.0. The van der Waals surface area contributed by atoms with Gasteiger partial charge < -0.3 is 14.5 Å². The second kappa shape index (κ2) is 10.4. The maximum Gasteiger partial charge on any atom is 0.339 e. The summed E-state index contributed by atoms with van der Waals surface area (Å²) in [7, 11) is 0. The van der Waals surface area contributed by atoms with E-state index in [-0.39, 0.29) is 12.5 Å². The molecule has 0 bridgehead atoms. The van der Waals surface area contributed by atoms with Gasteiger partial charge in [0.1, 0.15) is 5.76 Å². The number of carbonyl (C=O) groups excluding carboxylic acids is 2. The van der Waals surface area contributed by atoms with Crippen LogP contribution in [0.1, 0.15) is 45.8 Å². The summed E-state index contributed by atoms with van der Waals surface area (Å²) in [5.41, 5.74) is 5.10. The molecule has 0 atom stereocenters. The monoisotopic (exact) mass is 466 g/mol. The predicted octanol–water partition coefficient (Wildman–Crippen LogP) is 5.22. The number of ether oxygens (including phenoxy) is 1. The van der Waals surface area contributed by atoms with Gasteiger partial charge in [-0.05, 0) is 66.7 Å². The Balaban J connectivity index is 1.28. The zero-order valence-electron chi connectivity index (χ0n) is 19.3. The normalized spacial score (nSPS) is 13.7. The molecule has 5 rings (SSSR count). The third-order valence-electron chi connectivity index (χ3n) is 6.15.